The molecule has 0 spiro atoms. The third kappa shape index (κ3) is 2.82. The fourth-order valence-corrected chi connectivity index (χ4v) is 2.59. The molecule has 3 fully saturated rings. The monoisotopic (exact) mass is 213 g/mol. The molecule has 1 amide bonds. The highest BCUT2D eigenvalue weighted by atomic mass is 16.5. The van der Waals surface area contributed by atoms with Crippen molar-refractivity contribution in [1.29, 1.82) is 0 Å². The van der Waals surface area contributed by atoms with Gasteiger partial charge in [-0.15, -0.1) is 0 Å². The first-order valence-corrected chi connectivity index (χ1v) is 5.63. The minimum absolute atomic E-state index is 0.374. The van der Waals surface area contributed by atoms with E-state index in [-0.39, 0.29) is 0 Å². The van der Waals surface area contributed by atoms with Crippen molar-refractivity contribution >= 4 is 6.09 Å². The zero-order chi connectivity index (χ0) is 10.7. The molecule has 1 atom stereocenters. The summed E-state index contributed by atoms with van der Waals surface area (Å²) in [6, 6.07) is 0.573. The number of amides is 1. The Hall–Kier alpha value is -0.810. The summed E-state index contributed by atoms with van der Waals surface area (Å²) in [6.45, 7) is 4.72. The summed E-state index contributed by atoms with van der Waals surface area (Å²) in [4.78, 5) is 12.8. The van der Waals surface area contributed by atoms with Gasteiger partial charge in [0.2, 0.25) is 0 Å². The van der Waals surface area contributed by atoms with Gasteiger partial charge in [-0.05, 0) is 31.8 Å². The normalized spacial score (nSPS) is 34.0. The second-order valence-corrected chi connectivity index (χ2v) is 4.37. The standard InChI is InChI=1S/C10H19N3O2/c11-10(14)15-6-3-12-9-7-13-4-1-8(9)2-5-13/h8-9,12H,1-7H2,(H2,11,14). The Morgan fingerprint density at radius 2 is 2.20 bits per heavy atom. The first-order chi connectivity index (χ1) is 7.25. The third-order valence-electron chi connectivity index (χ3n) is 3.41. The summed E-state index contributed by atoms with van der Waals surface area (Å²) in [5.41, 5.74) is 4.88. The quantitative estimate of drug-likeness (QED) is 0.633. The van der Waals surface area contributed by atoms with E-state index in [1.807, 2.05) is 0 Å². The van der Waals surface area contributed by atoms with Gasteiger partial charge in [-0.25, -0.2) is 4.79 Å². The maximum atomic E-state index is 10.3. The average Bonchev–Trinajstić information content (AvgIpc) is 2.26. The van der Waals surface area contributed by atoms with Crippen LogP contribution >= 0.6 is 0 Å². The van der Waals surface area contributed by atoms with Crippen LogP contribution in [0.2, 0.25) is 0 Å². The molecule has 86 valence electrons. The van der Waals surface area contributed by atoms with Gasteiger partial charge in [0.05, 0.1) is 0 Å². The van der Waals surface area contributed by atoms with Gasteiger partial charge in [0.1, 0.15) is 6.61 Å². The summed E-state index contributed by atoms with van der Waals surface area (Å²) >= 11 is 0. The molecule has 0 aromatic carbocycles. The molecule has 3 saturated heterocycles. The Kier molecular flexibility index (Phi) is 3.43. The van der Waals surface area contributed by atoms with Crippen LogP contribution in [0, 0.1) is 5.92 Å². The van der Waals surface area contributed by atoms with E-state index in [0.717, 1.165) is 12.5 Å². The maximum Gasteiger partial charge on any atom is 0.404 e. The number of nitrogens with one attached hydrogen (secondary N) is 1. The Morgan fingerprint density at radius 1 is 1.47 bits per heavy atom. The van der Waals surface area contributed by atoms with E-state index >= 15 is 0 Å². The van der Waals surface area contributed by atoms with Crippen LogP contribution in [0.15, 0.2) is 0 Å². The number of nitrogens with two attached hydrogens (primary N) is 1. The molecule has 1 unspecified atom stereocenters. The van der Waals surface area contributed by atoms with Gasteiger partial charge >= 0.3 is 6.09 Å². The number of hydrogen-bond acceptors (Lipinski definition) is 4. The minimum atomic E-state index is -0.689. The second-order valence-electron chi connectivity index (χ2n) is 4.37. The zero-order valence-electron chi connectivity index (χ0n) is 8.95. The van der Waals surface area contributed by atoms with Crippen molar-refractivity contribution in [3.8, 4) is 0 Å². The van der Waals surface area contributed by atoms with E-state index in [2.05, 4.69) is 15.0 Å². The number of rotatable bonds is 4. The van der Waals surface area contributed by atoms with Crippen molar-refractivity contribution in [2.24, 2.45) is 11.7 Å². The molecule has 5 nitrogen and oxygen atoms in total. The highest BCUT2D eigenvalue weighted by Gasteiger charge is 2.33. The van der Waals surface area contributed by atoms with Gasteiger partial charge in [-0.1, -0.05) is 0 Å². The van der Waals surface area contributed by atoms with E-state index in [1.165, 1.54) is 25.9 Å². The summed E-state index contributed by atoms with van der Waals surface area (Å²) in [7, 11) is 0. The first-order valence-electron chi connectivity index (χ1n) is 5.63. The lowest BCUT2D eigenvalue weighted by molar-refractivity contribution is 0.0692. The van der Waals surface area contributed by atoms with Crippen molar-refractivity contribution in [3.63, 3.8) is 0 Å². The van der Waals surface area contributed by atoms with E-state index in [1.54, 1.807) is 0 Å². The number of piperidine rings is 3. The van der Waals surface area contributed by atoms with Crippen LogP contribution in [0.3, 0.4) is 0 Å². The van der Waals surface area contributed by atoms with Crippen molar-refractivity contribution in [1.82, 2.24) is 10.2 Å². The predicted octanol–water partition coefficient (Wildman–Crippen LogP) is -0.234. The minimum Gasteiger partial charge on any atom is -0.448 e. The second kappa shape index (κ2) is 4.81. The fourth-order valence-electron chi connectivity index (χ4n) is 2.59. The SMILES string of the molecule is NC(=O)OCCNC1CN2CCC1CC2. The van der Waals surface area contributed by atoms with Crippen molar-refractivity contribution < 1.29 is 9.53 Å². The topological polar surface area (TPSA) is 67.6 Å². The molecule has 5 heteroatoms. The number of fused-ring (bicyclic) bond motifs is 3. The van der Waals surface area contributed by atoms with Crippen LogP contribution in [0.1, 0.15) is 12.8 Å². The lowest BCUT2D eigenvalue weighted by Crippen LogP contribution is -2.56. The molecular weight excluding hydrogens is 194 g/mol. The maximum absolute atomic E-state index is 10.3. The Labute approximate surface area is 89.9 Å². The number of primary amides is 1. The van der Waals surface area contributed by atoms with Gasteiger partial charge in [-0.3, -0.25) is 0 Å². The number of ether oxygens (including phenoxy) is 1. The van der Waals surface area contributed by atoms with Crippen LogP contribution in [-0.4, -0.2) is 49.8 Å². The molecule has 3 N–H and O–H groups in total. The molecule has 0 saturated carbocycles. The average molecular weight is 213 g/mol. The van der Waals surface area contributed by atoms with E-state index in [4.69, 9.17) is 5.73 Å². The number of hydrogen-bond donors (Lipinski definition) is 2. The van der Waals surface area contributed by atoms with E-state index < -0.39 is 6.09 Å². The predicted molar refractivity (Wildman–Crippen MR) is 56.5 cm³/mol. The molecule has 2 bridgehead atoms. The number of carbonyl (C=O) groups is 1. The number of nitrogens with zero attached hydrogens (tertiary/aromatic N) is 1. The molecule has 0 radical (unpaired) electrons. The van der Waals surface area contributed by atoms with E-state index in [0.29, 0.717) is 19.2 Å². The fraction of sp³-hybridized carbons (Fsp3) is 0.900. The Bertz CT molecular complexity index is 227. The Balaban J connectivity index is 1.65. The van der Waals surface area contributed by atoms with E-state index in [9.17, 15) is 4.79 Å². The van der Waals surface area contributed by atoms with Crippen LogP contribution in [0.5, 0.6) is 0 Å². The number of carbonyl (C=O) groups excluding carboxylic acids is 1. The van der Waals surface area contributed by atoms with Crippen LogP contribution in [0.25, 0.3) is 0 Å². The van der Waals surface area contributed by atoms with Crippen molar-refractivity contribution in [3.05, 3.63) is 0 Å². The largest absolute Gasteiger partial charge is 0.448 e. The summed E-state index contributed by atoms with van der Waals surface area (Å²) in [5, 5.41) is 3.43. The smallest absolute Gasteiger partial charge is 0.404 e. The molecular formula is C10H19N3O2. The molecule has 0 aliphatic carbocycles. The van der Waals surface area contributed by atoms with Crippen molar-refractivity contribution in [2.75, 3.05) is 32.8 Å². The van der Waals surface area contributed by atoms with Crippen molar-refractivity contribution in [2.45, 2.75) is 18.9 Å². The van der Waals surface area contributed by atoms with Gasteiger partial charge in [0.25, 0.3) is 0 Å². The van der Waals surface area contributed by atoms with Gasteiger partial charge in [-0.2, -0.15) is 0 Å². The van der Waals surface area contributed by atoms with Gasteiger partial charge < -0.3 is 20.7 Å². The summed E-state index contributed by atoms with van der Waals surface area (Å²) in [6.07, 6.45) is 1.91. The zero-order valence-corrected chi connectivity index (χ0v) is 8.95. The first kappa shape index (κ1) is 10.7. The van der Waals surface area contributed by atoms with Crippen LogP contribution in [0.4, 0.5) is 4.79 Å². The molecule has 15 heavy (non-hydrogen) atoms. The summed E-state index contributed by atoms with van der Waals surface area (Å²) in [5.74, 6) is 0.809. The highest BCUT2D eigenvalue weighted by molar-refractivity contribution is 5.64. The van der Waals surface area contributed by atoms with Crippen LogP contribution < -0.4 is 11.1 Å². The molecule has 0 aromatic rings. The lowest BCUT2D eigenvalue weighted by Gasteiger charge is -2.45. The summed E-state index contributed by atoms with van der Waals surface area (Å²) < 4.78 is 4.68. The molecule has 3 heterocycles. The molecule has 3 rings (SSSR count). The molecule has 0 aromatic heterocycles. The molecule has 3 aliphatic rings. The van der Waals surface area contributed by atoms with Crippen LogP contribution in [-0.2, 0) is 4.74 Å². The highest BCUT2D eigenvalue weighted by Crippen LogP contribution is 2.27. The van der Waals surface area contributed by atoms with Gasteiger partial charge in [0, 0.05) is 19.1 Å². The third-order valence-corrected chi connectivity index (χ3v) is 3.41. The van der Waals surface area contributed by atoms with Gasteiger partial charge in [0.15, 0.2) is 0 Å². The molecule has 3 aliphatic heterocycles. The lowest BCUT2D eigenvalue weighted by atomic mass is 9.84. The Morgan fingerprint density at radius 3 is 2.73 bits per heavy atom.